The van der Waals surface area contributed by atoms with Crippen LogP contribution in [0.1, 0.15) is 21.7 Å². The van der Waals surface area contributed by atoms with Gasteiger partial charge >= 0.3 is 6.61 Å². The Hall–Kier alpha value is -3.22. The Labute approximate surface area is 149 Å². The van der Waals surface area contributed by atoms with Gasteiger partial charge in [-0.1, -0.05) is 18.2 Å². The summed E-state index contributed by atoms with van der Waals surface area (Å²) in [5, 5.41) is 7.19. The molecule has 0 spiro atoms. The number of nitrogens with zero attached hydrogens (tertiary/aromatic N) is 2. The van der Waals surface area contributed by atoms with Crippen LogP contribution in [0, 0.1) is 13.8 Å². The number of aromatic nitrogens is 2. The number of amides is 1. The number of para-hydroxylation sites is 1. The minimum atomic E-state index is -2.88. The number of nitrogens with one attached hydrogen (secondary N) is 1. The smallest absolute Gasteiger partial charge is 0.387 e. The average Bonchev–Trinajstić information content (AvgIpc) is 2.91. The van der Waals surface area contributed by atoms with Crippen LogP contribution in [-0.4, -0.2) is 22.3 Å². The molecule has 3 aromatic rings. The van der Waals surface area contributed by atoms with Gasteiger partial charge in [-0.15, -0.1) is 0 Å². The molecule has 0 atom stereocenters. The fourth-order valence-electron chi connectivity index (χ4n) is 2.71. The molecular formula is C19H17F2N3O2. The highest BCUT2D eigenvalue weighted by atomic mass is 19.3. The van der Waals surface area contributed by atoms with Gasteiger partial charge in [-0.25, -0.2) is 4.68 Å². The highest BCUT2D eigenvalue weighted by Crippen LogP contribution is 2.21. The summed E-state index contributed by atoms with van der Waals surface area (Å²) in [4.78, 5) is 12.6. The fraction of sp³-hybridized carbons (Fsp3) is 0.158. The van der Waals surface area contributed by atoms with Gasteiger partial charge in [0.25, 0.3) is 5.91 Å². The van der Waals surface area contributed by atoms with Gasteiger partial charge in [0.2, 0.25) is 0 Å². The quantitative estimate of drug-likeness (QED) is 0.739. The normalized spacial score (nSPS) is 10.8. The molecule has 0 saturated carbocycles. The van der Waals surface area contributed by atoms with Gasteiger partial charge in [0.15, 0.2) is 0 Å². The SMILES string of the molecule is Cc1nn(-c2ccccc2)c(C)c1C(=O)Nc1ccc(OC(F)F)cc1. The van der Waals surface area contributed by atoms with Crippen molar-refractivity contribution in [3.05, 3.63) is 71.5 Å². The molecule has 1 amide bonds. The van der Waals surface area contributed by atoms with E-state index in [1.54, 1.807) is 11.6 Å². The number of rotatable bonds is 5. The van der Waals surface area contributed by atoms with E-state index in [1.165, 1.54) is 24.3 Å². The largest absolute Gasteiger partial charge is 0.435 e. The average molecular weight is 357 g/mol. The van der Waals surface area contributed by atoms with Crippen LogP contribution in [0.15, 0.2) is 54.6 Å². The molecule has 0 bridgehead atoms. The Bertz CT molecular complexity index is 907. The van der Waals surface area contributed by atoms with Crippen LogP contribution in [0.2, 0.25) is 0 Å². The molecule has 3 rings (SSSR count). The van der Waals surface area contributed by atoms with E-state index >= 15 is 0 Å². The van der Waals surface area contributed by atoms with E-state index in [4.69, 9.17) is 0 Å². The minimum Gasteiger partial charge on any atom is -0.435 e. The summed E-state index contributed by atoms with van der Waals surface area (Å²) in [6.07, 6.45) is 0. The van der Waals surface area contributed by atoms with E-state index in [0.29, 0.717) is 22.6 Å². The molecule has 0 fully saturated rings. The summed E-state index contributed by atoms with van der Waals surface area (Å²) in [6.45, 7) is 0.701. The number of ether oxygens (including phenoxy) is 1. The lowest BCUT2D eigenvalue weighted by Gasteiger charge is -2.08. The van der Waals surface area contributed by atoms with Gasteiger partial charge in [-0.05, 0) is 50.2 Å². The second-order valence-corrected chi connectivity index (χ2v) is 5.65. The summed E-state index contributed by atoms with van der Waals surface area (Å²) in [6, 6.07) is 15.3. The summed E-state index contributed by atoms with van der Waals surface area (Å²) in [5.74, 6) is -0.285. The Morgan fingerprint density at radius 1 is 1.08 bits per heavy atom. The number of benzene rings is 2. The second kappa shape index (κ2) is 7.35. The van der Waals surface area contributed by atoms with Gasteiger partial charge in [-0.3, -0.25) is 4.79 Å². The number of carbonyl (C=O) groups excluding carboxylic acids is 1. The van der Waals surface area contributed by atoms with Crippen molar-refractivity contribution in [3.8, 4) is 11.4 Å². The van der Waals surface area contributed by atoms with E-state index in [0.717, 1.165) is 5.69 Å². The molecule has 1 aromatic heterocycles. The predicted molar refractivity (Wildman–Crippen MR) is 94.1 cm³/mol. The summed E-state index contributed by atoms with van der Waals surface area (Å²) in [7, 11) is 0. The Kier molecular flexibility index (Phi) is 4.97. The van der Waals surface area contributed by atoms with Crippen molar-refractivity contribution in [2.24, 2.45) is 0 Å². The van der Waals surface area contributed by atoms with Crippen molar-refractivity contribution in [2.45, 2.75) is 20.5 Å². The van der Waals surface area contributed by atoms with Crippen molar-refractivity contribution in [2.75, 3.05) is 5.32 Å². The molecule has 0 aliphatic carbocycles. The van der Waals surface area contributed by atoms with Crippen molar-refractivity contribution in [1.82, 2.24) is 9.78 Å². The maximum Gasteiger partial charge on any atom is 0.387 e. The highest BCUT2D eigenvalue weighted by Gasteiger charge is 2.19. The van der Waals surface area contributed by atoms with Crippen molar-refractivity contribution >= 4 is 11.6 Å². The molecular weight excluding hydrogens is 340 g/mol. The first-order valence-electron chi connectivity index (χ1n) is 7.93. The molecule has 1 N–H and O–H groups in total. The number of halogens is 2. The number of hydrogen-bond donors (Lipinski definition) is 1. The van der Waals surface area contributed by atoms with Crippen LogP contribution in [0.25, 0.3) is 5.69 Å². The number of aryl methyl sites for hydroxylation is 1. The van der Waals surface area contributed by atoms with Crippen LogP contribution in [0.5, 0.6) is 5.75 Å². The lowest BCUT2D eigenvalue weighted by atomic mass is 10.1. The Morgan fingerprint density at radius 3 is 2.35 bits per heavy atom. The number of alkyl halides is 2. The summed E-state index contributed by atoms with van der Waals surface area (Å²) in [5.41, 5.74) is 3.12. The monoisotopic (exact) mass is 357 g/mol. The Balaban J connectivity index is 1.81. The molecule has 0 aliphatic rings. The van der Waals surface area contributed by atoms with Crippen LogP contribution >= 0.6 is 0 Å². The number of carbonyl (C=O) groups is 1. The molecule has 5 nitrogen and oxygen atoms in total. The molecule has 0 radical (unpaired) electrons. The van der Waals surface area contributed by atoms with Gasteiger partial charge in [-0.2, -0.15) is 13.9 Å². The fourth-order valence-corrected chi connectivity index (χ4v) is 2.71. The van der Waals surface area contributed by atoms with Crippen LogP contribution < -0.4 is 10.1 Å². The first-order valence-corrected chi connectivity index (χ1v) is 7.93. The van der Waals surface area contributed by atoms with E-state index in [1.807, 2.05) is 37.3 Å². The third-order valence-corrected chi connectivity index (χ3v) is 3.86. The van der Waals surface area contributed by atoms with E-state index in [9.17, 15) is 13.6 Å². The van der Waals surface area contributed by atoms with Gasteiger partial charge in [0.05, 0.1) is 22.6 Å². The molecule has 0 saturated heterocycles. The van der Waals surface area contributed by atoms with Crippen molar-refractivity contribution < 1.29 is 18.3 Å². The lowest BCUT2D eigenvalue weighted by Crippen LogP contribution is -2.14. The minimum absolute atomic E-state index is 0.0299. The number of hydrogen-bond acceptors (Lipinski definition) is 3. The van der Waals surface area contributed by atoms with Gasteiger partial charge in [0.1, 0.15) is 5.75 Å². The Morgan fingerprint density at radius 2 is 1.73 bits per heavy atom. The van der Waals surface area contributed by atoms with Crippen LogP contribution in [-0.2, 0) is 0 Å². The standard InChI is InChI=1S/C19H17F2N3O2/c1-12-17(13(2)24(23-12)15-6-4-3-5-7-15)18(25)22-14-8-10-16(11-9-14)26-19(20)21/h3-11,19H,1-2H3,(H,22,25). The third-order valence-electron chi connectivity index (χ3n) is 3.86. The maximum atomic E-state index is 12.6. The second-order valence-electron chi connectivity index (χ2n) is 5.65. The first-order chi connectivity index (χ1) is 12.5. The van der Waals surface area contributed by atoms with E-state index in [-0.39, 0.29) is 11.7 Å². The first kappa shape index (κ1) is 17.6. The molecule has 1 heterocycles. The predicted octanol–water partition coefficient (Wildman–Crippen LogP) is 4.34. The van der Waals surface area contributed by atoms with Gasteiger partial charge in [0, 0.05) is 5.69 Å². The zero-order chi connectivity index (χ0) is 18.7. The lowest BCUT2D eigenvalue weighted by molar-refractivity contribution is -0.0498. The molecule has 7 heteroatoms. The zero-order valence-corrected chi connectivity index (χ0v) is 14.2. The maximum absolute atomic E-state index is 12.6. The highest BCUT2D eigenvalue weighted by molar-refractivity contribution is 6.06. The zero-order valence-electron chi connectivity index (χ0n) is 14.2. The van der Waals surface area contributed by atoms with Gasteiger partial charge < -0.3 is 10.1 Å². The number of anilines is 1. The molecule has 26 heavy (non-hydrogen) atoms. The van der Waals surface area contributed by atoms with Crippen LogP contribution in [0.4, 0.5) is 14.5 Å². The molecule has 134 valence electrons. The van der Waals surface area contributed by atoms with Crippen molar-refractivity contribution in [1.29, 1.82) is 0 Å². The summed E-state index contributed by atoms with van der Waals surface area (Å²) >= 11 is 0. The topological polar surface area (TPSA) is 56.2 Å². The van der Waals surface area contributed by atoms with Crippen molar-refractivity contribution in [3.63, 3.8) is 0 Å². The molecule has 0 aliphatic heterocycles. The third kappa shape index (κ3) is 3.72. The molecule has 0 unspecified atom stereocenters. The van der Waals surface area contributed by atoms with E-state index in [2.05, 4.69) is 15.2 Å². The van der Waals surface area contributed by atoms with Crippen LogP contribution in [0.3, 0.4) is 0 Å². The summed E-state index contributed by atoms with van der Waals surface area (Å²) < 4.78 is 30.4. The van der Waals surface area contributed by atoms with E-state index < -0.39 is 6.61 Å². The molecule has 2 aromatic carbocycles.